The average molecular weight is 243 g/mol. The molecule has 3 heteroatoms. The Labute approximate surface area is 109 Å². The highest BCUT2D eigenvalue weighted by molar-refractivity contribution is 5.80. The lowest BCUT2D eigenvalue weighted by molar-refractivity contribution is 0.573. The highest BCUT2D eigenvalue weighted by Gasteiger charge is 2.10. The Kier molecular flexibility index (Phi) is 4.15. The van der Waals surface area contributed by atoms with Crippen LogP contribution in [0.1, 0.15) is 13.8 Å². The first kappa shape index (κ1) is 12.8. The molecule has 1 heterocycles. The average Bonchev–Trinajstić information content (AvgIpc) is 2.44. The molecule has 0 fully saturated rings. The zero-order valence-electron chi connectivity index (χ0n) is 11.1. The lowest BCUT2D eigenvalue weighted by Crippen LogP contribution is -2.32. The fourth-order valence-electron chi connectivity index (χ4n) is 2.07. The van der Waals surface area contributed by atoms with Crippen LogP contribution in [0.15, 0.2) is 36.4 Å². The lowest BCUT2D eigenvalue weighted by atomic mass is 10.1. The zero-order chi connectivity index (χ0) is 13.0. The van der Waals surface area contributed by atoms with Crippen molar-refractivity contribution in [1.82, 2.24) is 4.98 Å². The number of aromatic nitrogens is 1. The second-order valence-electron chi connectivity index (χ2n) is 4.74. The molecule has 2 rings (SSSR count). The van der Waals surface area contributed by atoms with Gasteiger partial charge in [0.05, 0.1) is 5.52 Å². The molecule has 0 saturated carbocycles. The quantitative estimate of drug-likeness (QED) is 0.878. The minimum absolute atomic E-state index is 0.484. The number of hydrogen-bond donors (Lipinski definition) is 1. The Balaban J connectivity index is 2.27. The van der Waals surface area contributed by atoms with E-state index in [0.717, 1.165) is 24.4 Å². The fourth-order valence-corrected chi connectivity index (χ4v) is 2.07. The number of pyridine rings is 1. The van der Waals surface area contributed by atoms with Gasteiger partial charge in [0.2, 0.25) is 0 Å². The molecule has 0 aliphatic carbocycles. The highest BCUT2D eigenvalue weighted by Crippen LogP contribution is 2.18. The van der Waals surface area contributed by atoms with E-state index in [4.69, 9.17) is 10.7 Å². The van der Waals surface area contributed by atoms with Gasteiger partial charge in [-0.1, -0.05) is 25.1 Å². The van der Waals surface area contributed by atoms with Crippen molar-refractivity contribution in [3.05, 3.63) is 36.4 Å². The predicted molar refractivity (Wildman–Crippen MR) is 77.8 cm³/mol. The first-order valence-electron chi connectivity index (χ1n) is 6.55. The van der Waals surface area contributed by atoms with Crippen molar-refractivity contribution in [2.75, 3.05) is 24.5 Å². The normalized spacial score (nSPS) is 12.6. The van der Waals surface area contributed by atoms with Crippen molar-refractivity contribution < 1.29 is 0 Å². The van der Waals surface area contributed by atoms with Crippen LogP contribution in [0.3, 0.4) is 0 Å². The number of para-hydroxylation sites is 1. The number of nitrogens with zero attached hydrogens (tertiary/aromatic N) is 2. The first-order valence-corrected chi connectivity index (χ1v) is 6.55. The van der Waals surface area contributed by atoms with Crippen LogP contribution in [0.5, 0.6) is 0 Å². The van der Waals surface area contributed by atoms with Crippen molar-refractivity contribution in [3.63, 3.8) is 0 Å². The van der Waals surface area contributed by atoms with Crippen LogP contribution >= 0.6 is 0 Å². The molecular weight excluding hydrogens is 222 g/mol. The van der Waals surface area contributed by atoms with Crippen LogP contribution in [0.2, 0.25) is 0 Å². The molecule has 1 aromatic heterocycles. The van der Waals surface area contributed by atoms with Crippen LogP contribution in [-0.2, 0) is 0 Å². The summed E-state index contributed by atoms with van der Waals surface area (Å²) in [7, 11) is 0. The standard InChI is InChI=1S/C15H21N3/c1-3-18(11-12(2)10-16)15-9-8-13-6-4-5-7-14(13)17-15/h4-9,12H,3,10-11,16H2,1-2H3. The number of nitrogens with two attached hydrogens (primary N) is 1. The lowest BCUT2D eigenvalue weighted by Gasteiger charge is -2.25. The van der Waals surface area contributed by atoms with Crippen LogP contribution in [0, 0.1) is 5.92 Å². The molecule has 3 nitrogen and oxygen atoms in total. The van der Waals surface area contributed by atoms with Gasteiger partial charge < -0.3 is 10.6 Å². The summed E-state index contributed by atoms with van der Waals surface area (Å²) in [6.45, 7) is 6.95. The molecule has 0 saturated heterocycles. The van der Waals surface area contributed by atoms with Crippen molar-refractivity contribution in [2.24, 2.45) is 11.7 Å². The largest absolute Gasteiger partial charge is 0.357 e. The molecule has 2 aromatic rings. The van der Waals surface area contributed by atoms with Crippen LogP contribution < -0.4 is 10.6 Å². The van der Waals surface area contributed by atoms with Gasteiger partial charge in [-0.3, -0.25) is 0 Å². The molecule has 0 aliphatic heterocycles. The topological polar surface area (TPSA) is 42.1 Å². The minimum Gasteiger partial charge on any atom is -0.357 e. The summed E-state index contributed by atoms with van der Waals surface area (Å²) in [5.74, 6) is 1.52. The number of hydrogen-bond acceptors (Lipinski definition) is 3. The summed E-state index contributed by atoms with van der Waals surface area (Å²) in [6, 6.07) is 12.4. The summed E-state index contributed by atoms with van der Waals surface area (Å²) in [5.41, 5.74) is 6.75. The maximum Gasteiger partial charge on any atom is 0.129 e. The van der Waals surface area contributed by atoms with Gasteiger partial charge in [-0.2, -0.15) is 0 Å². The Morgan fingerprint density at radius 2 is 2.00 bits per heavy atom. The number of anilines is 1. The number of rotatable bonds is 5. The van der Waals surface area contributed by atoms with E-state index in [9.17, 15) is 0 Å². The summed E-state index contributed by atoms with van der Waals surface area (Å²) in [4.78, 5) is 7.00. The number of fused-ring (bicyclic) bond motifs is 1. The van der Waals surface area contributed by atoms with Crippen LogP contribution in [0.4, 0.5) is 5.82 Å². The third-order valence-corrected chi connectivity index (χ3v) is 3.22. The molecule has 0 radical (unpaired) electrons. The summed E-state index contributed by atoms with van der Waals surface area (Å²) >= 11 is 0. The van der Waals surface area contributed by atoms with Crippen LogP contribution in [-0.4, -0.2) is 24.6 Å². The Bertz CT molecular complexity index is 510. The molecule has 1 aromatic carbocycles. The zero-order valence-corrected chi connectivity index (χ0v) is 11.1. The molecule has 96 valence electrons. The van der Waals surface area contributed by atoms with E-state index >= 15 is 0 Å². The molecule has 2 N–H and O–H groups in total. The van der Waals surface area contributed by atoms with Gasteiger partial charge in [0.1, 0.15) is 5.82 Å². The van der Waals surface area contributed by atoms with Gasteiger partial charge in [-0.05, 0) is 37.6 Å². The second kappa shape index (κ2) is 5.83. The number of benzene rings is 1. The monoisotopic (exact) mass is 243 g/mol. The maximum atomic E-state index is 5.70. The van der Waals surface area contributed by atoms with Gasteiger partial charge in [0.15, 0.2) is 0 Å². The molecule has 0 aliphatic rings. The molecule has 0 bridgehead atoms. The molecule has 0 amide bonds. The third kappa shape index (κ3) is 2.79. The Morgan fingerprint density at radius 1 is 1.22 bits per heavy atom. The SMILES string of the molecule is CCN(CC(C)CN)c1ccc2ccccc2n1. The van der Waals surface area contributed by atoms with Gasteiger partial charge in [0.25, 0.3) is 0 Å². The van der Waals surface area contributed by atoms with Crippen molar-refractivity contribution in [1.29, 1.82) is 0 Å². The third-order valence-electron chi connectivity index (χ3n) is 3.22. The van der Waals surface area contributed by atoms with Gasteiger partial charge in [-0.15, -0.1) is 0 Å². The molecular formula is C15H21N3. The van der Waals surface area contributed by atoms with E-state index in [2.05, 4.69) is 43.0 Å². The van der Waals surface area contributed by atoms with E-state index in [1.165, 1.54) is 5.39 Å². The predicted octanol–water partition coefficient (Wildman–Crippen LogP) is 2.66. The maximum absolute atomic E-state index is 5.70. The molecule has 18 heavy (non-hydrogen) atoms. The van der Waals surface area contributed by atoms with Crippen molar-refractivity contribution in [3.8, 4) is 0 Å². The molecule has 0 spiro atoms. The Morgan fingerprint density at radius 3 is 2.72 bits per heavy atom. The van der Waals surface area contributed by atoms with Gasteiger partial charge in [-0.25, -0.2) is 4.98 Å². The second-order valence-corrected chi connectivity index (χ2v) is 4.74. The van der Waals surface area contributed by atoms with E-state index in [-0.39, 0.29) is 0 Å². The van der Waals surface area contributed by atoms with Gasteiger partial charge >= 0.3 is 0 Å². The molecule has 1 atom stereocenters. The summed E-state index contributed by atoms with van der Waals surface area (Å²) in [6.07, 6.45) is 0. The Hall–Kier alpha value is -1.61. The molecule has 1 unspecified atom stereocenters. The van der Waals surface area contributed by atoms with Gasteiger partial charge in [0, 0.05) is 18.5 Å². The van der Waals surface area contributed by atoms with E-state index < -0.39 is 0 Å². The summed E-state index contributed by atoms with van der Waals surface area (Å²) in [5, 5.41) is 1.18. The van der Waals surface area contributed by atoms with E-state index in [0.29, 0.717) is 12.5 Å². The fraction of sp³-hybridized carbons (Fsp3) is 0.400. The smallest absolute Gasteiger partial charge is 0.129 e. The first-order chi connectivity index (χ1) is 8.74. The van der Waals surface area contributed by atoms with E-state index in [1.807, 2.05) is 12.1 Å². The van der Waals surface area contributed by atoms with Crippen molar-refractivity contribution >= 4 is 16.7 Å². The minimum atomic E-state index is 0.484. The van der Waals surface area contributed by atoms with E-state index in [1.54, 1.807) is 0 Å². The van der Waals surface area contributed by atoms with Crippen molar-refractivity contribution in [2.45, 2.75) is 13.8 Å². The summed E-state index contributed by atoms with van der Waals surface area (Å²) < 4.78 is 0. The highest BCUT2D eigenvalue weighted by atomic mass is 15.2. The van der Waals surface area contributed by atoms with Crippen LogP contribution in [0.25, 0.3) is 10.9 Å².